The van der Waals surface area contributed by atoms with Gasteiger partial charge in [-0.3, -0.25) is 0 Å². The summed E-state index contributed by atoms with van der Waals surface area (Å²) < 4.78 is 0. The van der Waals surface area contributed by atoms with E-state index in [2.05, 4.69) is 48.3 Å². The Labute approximate surface area is 223 Å². The molecule has 1 rings (SSSR count). The standard InChI is InChI=1S/C30H58N2.HNO3/c1-3-5-6-7-8-9-10-11-12-13-14-15-16-17-18-19-20-21-22-23-24-25-27-32-29-28-31(30-32)26-4-2;2-1(3)4/h4,26,28-29H,3,5-25,27,30H2,1-2H3;(H,2,3,4). The molecule has 0 saturated carbocycles. The Hall–Kier alpha value is -1.72. The zero-order valence-electron chi connectivity index (χ0n) is 23.9. The summed E-state index contributed by atoms with van der Waals surface area (Å²) in [7, 11) is 0. The highest BCUT2D eigenvalue weighted by Gasteiger charge is 2.08. The van der Waals surface area contributed by atoms with Crippen LogP contribution >= 0.6 is 0 Å². The monoisotopic (exact) mass is 509 g/mol. The van der Waals surface area contributed by atoms with Crippen LogP contribution in [-0.2, 0) is 0 Å². The van der Waals surface area contributed by atoms with Crippen molar-refractivity contribution in [2.45, 2.75) is 155 Å². The second kappa shape index (κ2) is 27.9. The van der Waals surface area contributed by atoms with Gasteiger partial charge in [0.05, 0.1) is 6.67 Å². The minimum absolute atomic E-state index is 1.03. The molecule has 0 amide bonds. The maximum absolute atomic E-state index is 8.36. The highest BCUT2D eigenvalue weighted by molar-refractivity contribution is 4.96. The van der Waals surface area contributed by atoms with Gasteiger partial charge in [0.15, 0.2) is 0 Å². The normalized spacial score (nSPS) is 12.9. The number of unbranched alkanes of at least 4 members (excludes halogenated alkanes) is 21. The molecule has 0 spiro atoms. The number of hydrogen-bond donors (Lipinski definition) is 1. The van der Waals surface area contributed by atoms with Gasteiger partial charge in [-0.25, -0.2) is 0 Å². The van der Waals surface area contributed by atoms with E-state index >= 15 is 0 Å². The molecule has 1 aliphatic rings. The Bertz CT molecular complexity index is 522. The van der Waals surface area contributed by atoms with Gasteiger partial charge >= 0.3 is 0 Å². The predicted molar refractivity (Wildman–Crippen MR) is 153 cm³/mol. The van der Waals surface area contributed by atoms with Crippen LogP contribution in [-0.4, -0.2) is 33.3 Å². The van der Waals surface area contributed by atoms with Crippen LogP contribution in [0, 0.1) is 10.1 Å². The van der Waals surface area contributed by atoms with E-state index in [1.807, 2.05) is 0 Å². The van der Waals surface area contributed by atoms with Crippen molar-refractivity contribution in [1.82, 2.24) is 9.80 Å². The summed E-state index contributed by atoms with van der Waals surface area (Å²) in [4.78, 5) is 13.0. The third-order valence-corrected chi connectivity index (χ3v) is 6.95. The summed E-state index contributed by atoms with van der Waals surface area (Å²) in [5.74, 6) is 0. The molecule has 6 nitrogen and oxygen atoms in total. The minimum atomic E-state index is -1.50. The van der Waals surface area contributed by atoms with Crippen molar-refractivity contribution >= 4 is 0 Å². The molecule has 36 heavy (non-hydrogen) atoms. The third-order valence-electron chi connectivity index (χ3n) is 6.95. The van der Waals surface area contributed by atoms with Crippen molar-refractivity contribution in [3.63, 3.8) is 0 Å². The highest BCUT2D eigenvalue weighted by Crippen LogP contribution is 2.15. The first-order valence-corrected chi connectivity index (χ1v) is 15.2. The van der Waals surface area contributed by atoms with Gasteiger partial charge in [-0.1, -0.05) is 148 Å². The molecule has 0 aromatic rings. The predicted octanol–water partition coefficient (Wildman–Crippen LogP) is 9.82. The Kier molecular flexibility index (Phi) is 26.5. The van der Waals surface area contributed by atoms with Crippen molar-refractivity contribution < 1.29 is 10.3 Å². The molecule has 0 bridgehead atoms. The molecule has 0 aromatic heterocycles. The summed E-state index contributed by atoms with van der Waals surface area (Å²) in [6, 6.07) is 0. The van der Waals surface area contributed by atoms with E-state index in [1.54, 1.807) is 0 Å². The maximum atomic E-state index is 8.36. The van der Waals surface area contributed by atoms with Crippen molar-refractivity contribution in [2.75, 3.05) is 13.2 Å². The van der Waals surface area contributed by atoms with Gasteiger partial charge < -0.3 is 15.0 Å². The summed E-state index contributed by atoms with van der Waals surface area (Å²) in [5, 5.41) is 13.6. The van der Waals surface area contributed by atoms with E-state index in [9.17, 15) is 0 Å². The fourth-order valence-corrected chi connectivity index (χ4v) is 4.84. The van der Waals surface area contributed by atoms with Crippen LogP contribution in [0.2, 0.25) is 0 Å². The van der Waals surface area contributed by atoms with E-state index in [0.717, 1.165) is 6.67 Å². The third kappa shape index (κ3) is 26.9. The molecule has 0 radical (unpaired) electrons. The lowest BCUT2D eigenvalue weighted by molar-refractivity contribution is -0.742. The maximum Gasteiger partial charge on any atom is 0.291 e. The average molecular weight is 510 g/mol. The first kappa shape index (κ1) is 34.3. The lowest BCUT2D eigenvalue weighted by atomic mass is 10.0. The van der Waals surface area contributed by atoms with E-state index in [1.165, 1.54) is 148 Å². The van der Waals surface area contributed by atoms with Crippen molar-refractivity contribution in [3.05, 3.63) is 34.8 Å². The first-order valence-electron chi connectivity index (χ1n) is 15.2. The van der Waals surface area contributed by atoms with Crippen molar-refractivity contribution in [2.24, 2.45) is 0 Å². The zero-order chi connectivity index (χ0) is 26.5. The Morgan fingerprint density at radius 2 is 1.03 bits per heavy atom. The molecule has 1 N–H and O–H groups in total. The summed E-state index contributed by atoms with van der Waals surface area (Å²) >= 11 is 0. The molecule has 1 aliphatic heterocycles. The molecule has 212 valence electrons. The van der Waals surface area contributed by atoms with Crippen LogP contribution in [0.5, 0.6) is 0 Å². The highest BCUT2D eigenvalue weighted by atomic mass is 16.9. The largest absolute Gasteiger partial charge is 0.358 e. The van der Waals surface area contributed by atoms with Gasteiger partial charge in [-0.15, -0.1) is 10.1 Å². The topological polar surface area (TPSA) is 69.9 Å². The lowest BCUT2D eigenvalue weighted by Crippen LogP contribution is -2.22. The SMILES string of the molecule is CC=CN1C=CN(CCCCCCCCCCCCCCCCCCCCCCCC)C1.O=[N+]([O-])O. The van der Waals surface area contributed by atoms with Gasteiger partial charge in [0, 0.05) is 25.1 Å². The Balaban J connectivity index is 0.00000283. The lowest BCUT2D eigenvalue weighted by Gasteiger charge is -2.18. The van der Waals surface area contributed by atoms with Crippen LogP contribution in [0.15, 0.2) is 24.7 Å². The molecule has 0 fully saturated rings. The van der Waals surface area contributed by atoms with E-state index in [0.29, 0.717) is 0 Å². The smallest absolute Gasteiger partial charge is 0.291 e. The minimum Gasteiger partial charge on any atom is -0.358 e. The van der Waals surface area contributed by atoms with Crippen LogP contribution in [0.3, 0.4) is 0 Å². The molecule has 0 unspecified atom stereocenters. The molecule has 6 heteroatoms. The van der Waals surface area contributed by atoms with Gasteiger partial charge in [-0.2, -0.15) is 0 Å². The van der Waals surface area contributed by atoms with Gasteiger partial charge in [0.2, 0.25) is 0 Å². The molecule has 0 atom stereocenters. The Morgan fingerprint density at radius 3 is 1.36 bits per heavy atom. The first-order chi connectivity index (χ1) is 17.6. The van der Waals surface area contributed by atoms with Gasteiger partial charge in [0.25, 0.3) is 5.09 Å². The molecular weight excluding hydrogens is 450 g/mol. The fourth-order valence-electron chi connectivity index (χ4n) is 4.84. The zero-order valence-corrected chi connectivity index (χ0v) is 23.9. The molecule has 0 saturated heterocycles. The summed E-state index contributed by atoms with van der Waals surface area (Å²) in [6.07, 6.45) is 40.7. The van der Waals surface area contributed by atoms with Crippen LogP contribution in [0.25, 0.3) is 0 Å². The molecular formula is C30H59N3O3. The average Bonchev–Trinajstić information content (AvgIpc) is 3.29. The van der Waals surface area contributed by atoms with Crippen LogP contribution in [0.4, 0.5) is 0 Å². The molecule has 1 heterocycles. The van der Waals surface area contributed by atoms with Crippen LogP contribution < -0.4 is 0 Å². The molecule has 0 aliphatic carbocycles. The van der Waals surface area contributed by atoms with Gasteiger partial charge in [-0.05, 0) is 13.3 Å². The van der Waals surface area contributed by atoms with E-state index in [-0.39, 0.29) is 0 Å². The number of nitrogens with zero attached hydrogens (tertiary/aromatic N) is 3. The van der Waals surface area contributed by atoms with Gasteiger partial charge in [0.1, 0.15) is 0 Å². The molecule has 0 aromatic carbocycles. The second-order valence-corrected chi connectivity index (χ2v) is 10.4. The number of allylic oxidation sites excluding steroid dienone is 1. The fraction of sp³-hybridized carbons (Fsp3) is 0.867. The van der Waals surface area contributed by atoms with E-state index < -0.39 is 5.09 Å². The summed E-state index contributed by atoms with van der Waals surface area (Å²) in [5.41, 5.74) is 0. The van der Waals surface area contributed by atoms with Crippen LogP contribution in [0.1, 0.15) is 155 Å². The number of rotatable bonds is 24. The number of hydrogen-bond acceptors (Lipinski definition) is 4. The quantitative estimate of drug-likeness (QED) is 0.0796. The Morgan fingerprint density at radius 1 is 0.694 bits per heavy atom. The van der Waals surface area contributed by atoms with Crippen molar-refractivity contribution in [1.29, 1.82) is 0 Å². The second-order valence-electron chi connectivity index (χ2n) is 10.4. The van der Waals surface area contributed by atoms with E-state index in [4.69, 9.17) is 15.3 Å². The summed E-state index contributed by atoms with van der Waals surface area (Å²) in [6.45, 7) is 6.63. The van der Waals surface area contributed by atoms with Crippen molar-refractivity contribution in [3.8, 4) is 0 Å².